The van der Waals surface area contributed by atoms with Crippen LogP contribution < -0.4 is 11.1 Å². The monoisotopic (exact) mass is 238 g/mol. The molecule has 0 saturated carbocycles. The minimum Gasteiger partial charge on any atom is -0.478 e. The summed E-state index contributed by atoms with van der Waals surface area (Å²) in [6, 6.07) is 4.74. The SMILES string of the molecule is Cc1ccc(C(=O)O)c(NCC(O)C(N)=O)c1. The third-order valence-electron chi connectivity index (χ3n) is 2.22. The third-order valence-corrected chi connectivity index (χ3v) is 2.22. The molecule has 0 spiro atoms. The molecule has 0 aliphatic heterocycles. The fourth-order valence-electron chi connectivity index (χ4n) is 1.30. The van der Waals surface area contributed by atoms with Gasteiger partial charge in [-0.05, 0) is 24.6 Å². The maximum Gasteiger partial charge on any atom is 0.337 e. The zero-order valence-electron chi connectivity index (χ0n) is 9.30. The van der Waals surface area contributed by atoms with Crippen LogP contribution in [0.1, 0.15) is 15.9 Å². The van der Waals surface area contributed by atoms with Crippen molar-refractivity contribution in [2.24, 2.45) is 5.73 Å². The summed E-state index contributed by atoms with van der Waals surface area (Å²) in [4.78, 5) is 21.5. The van der Waals surface area contributed by atoms with Crippen LogP contribution in [0.5, 0.6) is 0 Å². The summed E-state index contributed by atoms with van der Waals surface area (Å²) in [5.41, 5.74) is 6.17. The number of nitrogens with one attached hydrogen (secondary N) is 1. The van der Waals surface area contributed by atoms with Crippen LogP contribution in [-0.4, -0.2) is 34.7 Å². The number of carbonyl (C=O) groups is 2. The Balaban J connectivity index is 2.85. The van der Waals surface area contributed by atoms with E-state index >= 15 is 0 Å². The molecule has 0 saturated heterocycles. The fourth-order valence-corrected chi connectivity index (χ4v) is 1.30. The predicted octanol–water partition coefficient (Wildman–Crippen LogP) is -0.0487. The molecule has 1 amide bonds. The first-order chi connectivity index (χ1) is 7.91. The smallest absolute Gasteiger partial charge is 0.337 e. The van der Waals surface area contributed by atoms with E-state index in [1.165, 1.54) is 6.07 Å². The number of benzene rings is 1. The zero-order valence-corrected chi connectivity index (χ0v) is 9.30. The second kappa shape index (κ2) is 5.31. The van der Waals surface area contributed by atoms with Crippen molar-refractivity contribution in [2.75, 3.05) is 11.9 Å². The van der Waals surface area contributed by atoms with Gasteiger partial charge in [-0.15, -0.1) is 0 Å². The van der Waals surface area contributed by atoms with E-state index in [0.717, 1.165) is 5.56 Å². The van der Waals surface area contributed by atoms with Gasteiger partial charge in [0.25, 0.3) is 0 Å². The Morgan fingerprint density at radius 2 is 2.12 bits per heavy atom. The highest BCUT2D eigenvalue weighted by atomic mass is 16.4. The average Bonchev–Trinajstić information content (AvgIpc) is 2.25. The summed E-state index contributed by atoms with van der Waals surface area (Å²) in [5.74, 6) is -1.94. The lowest BCUT2D eigenvalue weighted by atomic mass is 10.1. The maximum atomic E-state index is 10.9. The molecule has 6 heteroatoms. The highest BCUT2D eigenvalue weighted by Crippen LogP contribution is 2.17. The summed E-state index contributed by atoms with van der Waals surface area (Å²) in [6.07, 6.45) is -1.35. The first-order valence-corrected chi connectivity index (χ1v) is 4.97. The summed E-state index contributed by atoms with van der Waals surface area (Å²) >= 11 is 0. The second-order valence-corrected chi connectivity index (χ2v) is 3.65. The van der Waals surface area contributed by atoms with Crippen molar-refractivity contribution in [3.63, 3.8) is 0 Å². The van der Waals surface area contributed by atoms with Crippen LogP contribution in [0.2, 0.25) is 0 Å². The van der Waals surface area contributed by atoms with Gasteiger partial charge < -0.3 is 21.3 Å². The van der Waals surface area contributed by atoms with Gasteiger partial charge in [-0.3, -0.25) is 4.79 Å². The maximum absolute atomic E-state index is 10.9. The number of amides is 1. The molecule has 1 aromatic carbocycles. The minimum absolute atomic E-state index is 0.0762. The largest absolute Gasteiger partial charge is 0.478 e. The number of hydrogen-bond donors (Lipinski definition) is 4. The van der Waals surface area contributed by atoms with Crippen LogP contribution in [0.15, 0.2) is 18.2 Å². The molecule has 5 N–H and O–H groups in total. The summed E-state index contributed by atoms with van der Waals surface area (Å²) in [5, 5.41) is 20.8. The number of aryl methyl sites for hydroxylation is 1. The second-order valence-electron chi connectivity index (χ2n) is 3.65. The van der Waals surface area contributed by atoms with Crippen LogP contribution in [-0.2, 0) is 4.79 Å². The van der Waals surface area contributed by atoms with Crippen molar-refractivity contribution in [1.29, 1.82) is 0 Å². The third kappa shape index (κ3) is 3.46. The van der Waals surface area contributed by atoms with Gasteiger partial charge in [0.1, 0.15) is 6.10 Å². The number of anilines is 1. The van der Waals surface area contributed by atoms with Crippen LogP contribution in [0.25, 0.3) is 0 Å². The molecule has 0 aliphatic carbocycles. The number of aliphatic hydroxyl groups is 1. The van der Waals surface area contributed by atoms with E-state index in [1.54, 1.807) is 19.1 Å². The number of hydrogen-bond acceptors (Lipinski definition) is 4. The Labute approximate surface area is 98.1 Å². The molecule has 0 heterocycles. The van der Waals surface area contributed by atoms with Gasteiger partial charge in [0, 0.05) is 12.2 Å². The average molecular weight is 238 g/mol. The van der Waals surface area contributed by atoms with Crippen molar-refractivity contribution in [3.05, 3.63) is 29.3 Å². The van der Waals surface area contributed by atoms with E-state index in [-0.39, 0.29) is 12.1 Å². The number of primary amides is 1. The van der Waals surface area contributed by atoms with Crippen molar-refractivity contribution in [1.82, 2.24) is 0 Å². The van der Waals surface area contributed by atoms with Crippen molar-refractivity contribution < 1.29 is 19.8 Å². The van der Waals surface area contributed by atoms with Gasteiger partial charge in [0.05, 0.1) is 5.56 Å². The highest BCUT2D eigenvalue weighted by Gasteiger charge is 2.13. The first-order valence-electron chi connectivity index (χ1n) is 4.97. The zero-order chi connectivity index (χ0) is 13.0. The molecule has 0 aliphatic rings. The molecule has 0 fully saturated rings. The first kappa shape index (κ1) is 13.0. The molecule has 0 radical (unpaired) electrons. The molecule has 1 unspecified atom stereocenters. The molecule has 17 heavy (non-hydrogen) atoms. The number of aromatic carboxylic acids is 1. The quantitative estimate of drug-likeness (QED) is 0.574. The number of nitrogens with two attached hydrogens (primary N) is 1. The Bertz CT molecular complexity index is 445. The van der Waals surface area contributed by atoms with Gasteiger partial charge in [0.2, 0.25) is 5.91 Å². The van der Waals surface area contributed by atoms with Crippen molar-refractivity contribution in [3.8, 4) is 0 Å². The number of carboxylic acids is 1. The molecule has 1 aromatic rings. The molecule has 92 valence electrons. The molecular weight excluding hydrogens is 224 g/mol. The van der Waals surface area contributed by atoms with Crippen LogP contribution in [0.3, 0.4) is 0 Å². The van der Waals surface area contributed by atoms with E-state index in [9.17, 15) is 14.7 Å². The van der Waals surface area contributed by atoms with Gasteiger partial charge in [-0.25, -0.2) is 4.79 Å². The van der Waals surface area contributed by atoms with Gasteiger partial charge in [0.15, 0.2) is 0 Å². The number of aliphatic hydroxyl groups excluding tert-OH is 1. The van der Waals surface area contributed by atoms with E-state index in [1.807, 2.05) is 0 Å². The number of rotatable bonds is 5. The molecule has 6 nitrogen and oxygen atoms in total. The summed E-state index contributed by atoms with van der Waals surface area (Å²) in [7, 11) is 0. The number of carboxylic acid groups (broad SMARTS) is 1. The Kier molecular flexibility index (Phi) is 4.06. The lowest BCUT2D eigenvalue weighted by molar-refractivity contribution is -0.125. The van der Waals surface area contributed by atoms with Gasteiger partial charge >= 0.3 is 5.97 Å². The minimum atomic E-state index is -1.35. The van der Waals surface area contributed by atoms with Crippen LogP contribution in [0, 0.1) is 6.92 Å². The van der Waals surface area contributed by atoms with E-state index < -0.39 is 18.0 Å². The molecule has 1 atom stereocenters. The van der Waals surface area contributed by atoms with E-state index in [0.29, 0.717) is 5.69 Å². The Morgan fingerprint density at radius 1 is 1.47 bits per heavy atom. The standard InChI is InChI=1S/C11H14N2O4/c1-6-2-3-7(11(16)17)8(4-6)13-5-9(14)10(12)15/h2-4,9,13-14H,5H2,1H3,(H2,12,15)(H,16,17). The number of carbonyl (C=O) groups excluding carboxylic acids is 1. The molecular formula is C11H14N2O4. The topological polar surface area (TPSA) is 113 Å². The molecule has 1 rings (SSSR count). The van der Waals surface area contributed by atoms with E-state index in [4.69, 9.17) is 10.8 Å². The highest BCUT2D eigenvalue weighted by molar-refractivity contribution is 5.94. The normalized spacial score (nSPS) is 11.9. The predicted molar refractivity (Wildman–Crippen MR) is 61.8 cm³/mol. The summed E-state index contributed by atoms with van der Waals surface area (Å²) in [6.45, 7) is 1.68. The van der Waals surface area contributed by atoms with Crippen molar-refractivity contribution >= 4 is 17.6 Å². The summed E-state index contributed by atoms with van der Waals surface area (Å²) < 4.78 is 0. The Morgan fingerprint density at radius 3 is 2.65 bits per heavy atom. The van der Waals surface area contributed by atoms with Gasteiger partial charge in [-0.2, -0.15) is 0 Å². The lowest BCUT2D eigenvalue weighted by Crippen LogP contribution is -2.34. The Hall–Kier alpha value is -2.08. The van der Waals surface area contributed by atoms with Crippen molar-refractivity contribution in [2.45, 2.75) is 13.0 Å². The molecule has 0 bridgehead atoms. The molecule has 0 aromatic heterocycles. The fraction of sp³-hybridized carbons (Fsp3) is 0.273. The van der Waals surface area contributed by atoms with Gasteiger partial charge in [-0.1, -0.05) is 6.07 Å². The van der Waals surface area contributed by atoms with Crippen LogP contribution in [0.4, 0.5) is 5.69 Å². The lowest BCUT2D eigenvalue weighted by Gasteiger charge is -2.12. The van der Waals surface area contributed by atoms with Crippen LogP contribution >= 0.6 is 0 Å². The van der Waals surface area contributed by atoms with E-state index in [2.05, 4.69) is 5.32 Å².